The molecule has 0 amide bonds. The van der Waals surface area contributed by atoms with Crippen molar-refractivity contribution < 1.29 is 0 Å². The quantitative estimate of drug-likeness (QED) is 0.166. The van der Waals surface area contributed by atoms with Gasteiger partial charge in [0.25, 0.3) is 0 Å². The first-order valence-corrected chi connectivity index (χ1v) is 19.7. The Morgan fingerprint density at radius 1 is 0.316 bits per heavy atom. The van der Waals surface area contributed by atoms with Gasteiger partial charge in [0.05, 0.1) is 11.6 Å². The molecule has 0 aliphatic carbocycles. The number of nitriles is 1. The first-order valence-electron chi connectivity index (χ1n) is 19.7. The smallest absolute Gasteiger partial charge is 0.0991 e. The molecule has 0 atom stereocenters. The monoisotopic (exact) mass is 719 g/mol. The van der Waals surface area contributed by atoms with Crippen LogP contribution in [-0.2, 0) is 0 Å². The normalized spacial score (nSPS) is 11.9. The maximum Gasteiger partial charge on any atom is 0.0991 e. The van der Waals surface area contributed by atoms with Crippen molar-refractivity contribution in [2.75, 3.05) is 0 Å². The van der Waals surface area contributed by atoms with Gasteiger partial charge in [0, 0.05) is 0 Å². The molecule has 0 N–H and O–H groups in total. The highest BCUT2D eigenvalue weighted by Gasteiger charge is 2.27. The lowest BCUT2D eigenvalue weighted by atomic mass is 9.84. The summed E-state index contributed by atoms with van der Waals surface area (Å²) in [5, 5.41) is 27.9. The van der Waals surface area contributed by atoms with Crippen molar-refractivity contribution in [3.8, 4) is 50.6 Å². The molecular weight excluding hydrogens is 687 g/mol. The van der Waals surface area contributed by atoms with E-state index in [-0.39, 0.29) is 0 Å². The van der Waals surface area contributed by atoms with E-state index < -0.39 is 0 Å². The van der Waals surface area contributed by atoms with Crippen LogP contribution in [-0.4, -0.2) is 0 Å². The van der Waals surface area contributed by atoms with Gasteiger partial charge < -0.3 is 0 Å². The third kappa shape index (κ3) is 4.44. The molecule has 12 aromatic carbocycles. The molecule has 0 aliphatic rings. The predicted octanol–water partition coefficient (Wildman–Crippen LogP) is 15.5. The number of hydrogen-bond donors (Lipinski definition) is 0. The lowest BCUT2D eigenvalue weighted by Gasteiger charge is -2.19. The molecular formula is C56H33N. The zero-order valence-electron chi connectivity index (χ0n) is 31.3. The second kappa shape index (κ2) is 12.0. The predicted molar refractivity (Wildman–Crippen MR) is 243 cm³/mol. The fourth-order valence-corrected chi connectivity index (χ4v) is 10.1. The average Bonchev–Trinajstić information content (AvgIpc) is 3.78. The van der Waals surface area contributed by atoms with E-state index in [2.05, 4.69) is 177 Å². The number of benzene rings is 10. The number of hydrogen-bond acceptors (Lipinski definition) is 1. The fraction of sp³-hybridized carbons (Fsp3) is 0.0179. The van der Waals surface area contributed by atoms with Gasteiger partial charge in [0.15, 0.2) is 0 Å². The highest BCUT2D eigenvalue weighted by molar-refractivity contribution is 6.45. The van der Waals surface area contributed by atoms with Crippen molar-refractivity contribution in [2.24, 2.45) is 0 Å². The van der Waals surface area contributed by atoms with E-state index in [0.29, 0.717) is 5.56 Å². The van der Waals surface area contributed by atoms with Crippen molar-refractivity contribution in [1.82, 2.24) is 0 Å². The van der Waals surface area contributed by atoms with Crippen molar-refractivity contribution >= 4 is 75.4 Å². The summed E-state index contributed by atoms with van der Waals surface area (Å²) in [4.78, 5) is 0. The fourth-order valence-electron chi connectivity index (χ4n) is 10.1. The molecule has 0 bridgehead atoms. The molecule has 262 valence electrons. The van der Waals surface area contributed by atoms with Crippen molar-refractivity contribution in [2.45, 2.75) is 6.92 Å². The molecule has 1 nitrogen and oxygen atoms in total. The lowest BCUT2D eigenvalue weighted by Crippen LogP contribution is -1.91. The van der Waals surface area contributed by atoms with E-state index in [1.807, 2.05) is 18.2 Å². The largest absolute Gasteiger partial charge is 0.192 e. The standard InChI is InChI=1S/C56H33N/c1-33-25-26-34(32-57)29-47(33)38-18-10-17-37(30-38)39-27-28-46-52-42(39)21-11-24-45(52)56-51(36-15-6-3-7-16-36)54-44-23-12-22-43-40-19-8-9-20-41(40)48(53(43)44)31-49(54)50(55(46)56)35-13-4-2-5-14-35/h2-31H,1H3. The summed E-state index contributed by atoms with van der Waals surface area (Å²) in [6.07, 6.45) is 0. The minimum atomic E-state index is 0.672. The Labute approximate surface area is 330 Å². The summed E-state index contributed by atoms with van der Waals surface area (Å²) in [6, 6.07) is 69.1. The minimum Gasteiger partial charge on any atom is -0.192 e. The Kier molecular flexibility index (Phi) is 6.68. The molecule has 0 saturated heterocycles. The number of nitrogens with zero attached hydrogens (tertiary/aromatic N) is 1. The summed E-state index contributed by atoms with van der Waals surface area (Å²) >= 11 is 0. The lowest BCUT2D eigenvalue weighted by molar-refractivity contribution is 1.42. The first-order chi connectivity index (χ1) is 28.2. The maximum atomic E-state index is 9.70. The highest BCUT2D eigenvalue weighted by atomic mass is 14.3. The first kappa shape index (κ1) is 31.8. The van der Waals surface area contributed by atoms with E-state index in [9.17, 15) is 5.26 Å². The molecule has 0 unspecified atom stereocenters. The van der Waals surface area contributed by atoms with Crippen LogP contribution in [0, 0.1) is 18.3 Å². The SMILES string of the molecule is Cc1ccc(C#N)cc1-c1cccc(-c2ccc3c4c(-c5ccccc5)c5cc6c7ccccc7c7cccc(c5c(-c5ccccc5)c4c4cccc2c34)c76)c1. The van der Waals surface area contributed by atoms with Crippen molar-refractivity contribution in [3.63, 3.8) is 0 Å². The van der Waals surface area contributed by atoms with Gasteiger partial charge >= 0.3 is 0 Å². The molecule has 1 heteroatoms. The van der Waals surface area contributed by atoms with Crippen molar-refractivity contribution in [3.05, 3.63) is 193 Å². The Balaban J connectivity index is 1.27. The van der Waals surface area contributed by atoms with E-state index in [1.54, 1.807) is 0 Å². The molecule has 0 saturated carbocycles. The Hall–Kier alpha value is -7.53. The Morgan fingerprint density at radius 2 is 0.842 bits per heavy atom. The zero-order valence-corrected chi connectivity index (χ0v) is 31.3. The number of fused-ring (bicyclic) bond motifs is 8. The van der Waals surface area contributed by atoms with Gasteiger partial charge in [-0.15, -0.1) is 0 Å². The number of aryl methyl sites for hydroxylation is 1. The molecule has 57 heavy (non-hydrogen) atoms. The van der Waals surface area contributed by atoms with E-state index in [1.165, 1.54) is 103 Å². The van der Waals surface area contributed by atoms with Gasteiger partial charge in [-0.05, 0) is 157 Å². The summed E-state index contributed by atoms with van der Waals surface area (Å²) in [7, 11) is 0. The molecule has 0 heterocycles. The van der Waals surface area contributed by atoms with E-state index >= 15 is 0 Å². The van der Waals surface area contributed by atoms with Crippen LogP contribution >= 0.6 is 0 Å². The zero-order chi connectivity index (χ0) is 37.8. The second-order valence-electron chi connectivity index (χ2n) is 15.5. The van der Waals surface area contributed by atoms with Crippen LogP contribution in [0.1, 0.15) is 11.1 Å². The molecule has 0 spiro atoms. The summed E-state index contributed by atoms with van der Waals surface area (Å²) in [6.45, 7) is 2.12. The Bertz CT molecular complexity index is 3630. The molecule has 12 aromatic rings. The third-order valence-electron chi connectivity index (χ3n) is 12.5. The van der Waals surface area contributed by atoms with Gasteiger partial charge in [-0.25, -0.2) is 0 Å². The molecule has 0 radical (unpaired) electrons. The van der Waals surface area contributed by atoms with Gasteiger partial charge in [-0.2, -0.15) is 5.26 Å². The van der Waals surface area contributed by atoms with Crippen molar-refractivity contribution in [1.29, 1.82) is 5.26 Å². The van der Waals surface area contributed by atoms with Crippen LogP contribution in [0.25, 0.3) is 120 Å². The van der Waals surface area contributed by atoms with E-state index in [0.717, 1.165) is 22.3 Å². The average molecular weight is 720 g/mol. The van der Waals surface area contributed by atoms with Gasteiger partial charge in [-0.3, -0.25) is 0 Å². The van der Waals surface area contributed by atoms with Crippen LogP contribution in [0.3, 0.4) is 0 Å². The highest BCUT2D eigenvalue weighted by Crippen LogP contribution is 2.55. The van der Waals surface area contributed by atoms with Gasteiger partial charge in [0.1, 0.15) is 0 Å². The van der Waals surface area contributed by atoms with Crippen LogP contribution < -0.4 is 0 Å². The topological polar surface area (TPSA) is 23.8 Å². The molecule has 12 rings (SSSR count). The molecule has 0 fully saturated rings. The van der Waals surface area contributed by atoms with Gasteiger partial charge in [0.2, 0.25) is 0 Å². The third-order valence-corrected chi connectivity index (χ3v) is 12.5. The number of rotatable bonds is 4. The van der Waals surface area contributed by atoms with Crippen LogP contribution in [0.4, 0.5) is 0 Å². The summed E-state index contributed by atoms with van der Waals surface area (Å²) in [5.41, 5.74) is 11.4. The maximum absolute atomic E-state index is 9.70. The Morgan fingerprint density at radius 3 is 1.58 bits per heavy atom. The summed E-state index contributed by atoms with van der Waals surface area (Å²) < 4.78 is 0. The van der Waals surface area contributed by atoms with Crippen LogP contribution in [0.2, 0.25) is 0 Å². The second-order valence-corrected chi connectivity index (χ2v) is 15.5. The summed E-state index contributed by atoms with van der Waals surface area (Å²) in [5.74, 6) is 0. The van der Waals surface area contributed by atoms with Crippen LogP contribution in [0.15, 0.2) is 182 Å². The van der Waals surface area contributed by atoms with E-state index in [4.69, 9.17) is 0 Å². The molecule has 0 aliphatic heterocycles. The van der Waals surface area contributed by atoms with Gasteiger partial charge in [-0.1, -0.05) is 158 Å². The van der Waals surface area contributed by atoms with Crippen LogP contribution in [0.5, 0.6) is 0 Å². The minimum absolute atomic E-state index is 0.672. The molecule has 0 aromatic heterocycles.